The molecule has 112 valence electrons. The molecule has 0 spiro atoms. The van der Waals surface area contributed by atoms with Crippen LogP contribution in [0, 0.1) is 0 Å². The van der Waals surface area contributed by atoms with E-state index in [2.05, 4.69) is 58.3 Å². The van der Waals surface area contributed by atoms with Gasteiger partial charge in [0.25, 0.3) is 0 Å². The van der Waals surface area contributed by atoms with E-state index in [0.29, 0.717) is 6.04 Å². The van der Waals surface area contributed by atoms with Crippen molar-refractivity contribution < 1.29 is 5.11 Å². The summed E-state index contributed by atoms with van der Waals surface area (Å²) in [5, 5.41) is 13.6. The van der Waals surface area contributed by atoms with Crippen molar-refractivity contribution in [1.82, 2.24) is 5.32 Å². The fourth-order valence-electron chi connectivity index (χ4n) is 3.07. The number of benzene rings is 1. The minimum Gasteiger partial charge on any atom is -0.391 e. The van der Waals surface area contributed by atoms with Gasteiger partial charge < -0.3 is 15.3 Å². The van der Waals surface area contributed by atoms with Gasteiger partial charge in [-0.3, -0.25) is 0 Å². The van der Waals surface area contributed by atoms with E-state index in [-0.39, 0.29) is 12.1 Å². The number of nitrogens with zero attached hydrogens (tertiary/aromatic N) is 1. The number of aliphatic hydroxyl groups excluding tert-OH is 1. The Kier molecular flexibility index (Phi) is 5.47. The average Bonchev–Trinajstić information content (AvgIpc) is 2.46. The average molecular weight is 341 g/mol. The summed E-state index contributed by atoms with van der Waals surface area (Å²) in [5.74, 6) is 0. The minimum atomic E-state index is -0.217. The van der Waals surface area contributed by atoms with E-state index in [1.165, 1.54) is 17.7 Å². The third-order valence-corrected chi connectivity index (χ3v) is 4.96. The highest BCUT2D eigenvalue weighted by Gasteiger charge is 2.28. The molecule has 0 amide bonds. The third kappa shape index (κ3) is 3.35. The summed E-state index contributed by atoms with van der Waals surface area (Å²) < 4.78 is 1.08. The summed E-state index contributed by atoms with van der Waals surface area (Å²) in [6.07, 6.45) is 4.11. The molecule has 3 nitrogen and oxygen atoms in total. The molecule has 1 fully saturated rings. The molecular formula is C16H25BrN2O. The van der Waals surface area contributed by atoms with Crippen LogP contribution in [0.3, 0.4) is 0 Å². The molecule has 0 bridgehead atoms. The lowest BCUT2D eigenvalue weighted by Crippen LogP contribution is -2.44. The summed E-state index contributed by atoms with van der Waals surface area (Å²) in [6.45, 7) is 2.16. The van der Waals surface area contributed by atoms with Gasteiger partial charge in [0.2, 0.25) is 0 Å². The fourth-order valence-corrected chi connectivity index (χ4v) is 3.42. The highest BCUT2D eigenvalue weighted by molar-refractivity contribution is 9.10. The van der Waals surface area contributed by atoms with Gasteiger partial charge in [0.15, 0.2) is 0 Å². The maximum Gasteiger partial charge on any atom is 0.0743 e. The Labute approximate surface area is 130 Å². The maximum atomic E-state index is 10.3. The molecule has 0 aromatic heterocycles. The smallest absolute Gasteiger partial charge is 0.0743 e. The Morgan fingerprint density at radius 2 is 2.05 bits per heavy atom. The molecule has 0 saturated heterocycles. The Hall–Kier alpha value is -0.580. The van der Waals surface area contributed by atoms with Crippen LogP contribution in [0.1, 0.15) is 44.2 Å². The molecule has 2 rings (SSSR count). The molecule has 0 heterocycles. The van der Waals surface area contributed by atoms with Crippen LogP contribution in [0.5, 0.6) is 0 Å². The molecule has 20 heavy (non-hydrogen) atoms. The molecule has 3 unspecified atom stereocenters. The van der Waals surface area contributed by atoms with E-state index < -0.39 is 0 Å². The monoisotopic (exact) mass is 340 g/mol. The summed E-state index contributed by atoms with van der Waals surface area (Å²) in [4.78, 5) is 2.26. The van der Waals surface area contributed by atoms with Crippen LogP contribution in [0.2, 0.25) is 0 Å². The molecule has 1 aliphatic rings. The molecule has 2 N–H and O–H groups in total. The topological polar surface area (TPSA) is 35.5 Å². The lowest BCUT2D eigenvalue weighted by atomic mass is 9.90. The van der Waals surface area contributed by atoms with E-state index in [1.807, 2.05) is 7.05 Å². The van der Waals surface area contributed by atoms with Crippen molar-refractivity contribution in [3.63, 3.8) is 0 Å². The van der Waals surface area contributed by atoms with Crippen molar-refractivity contribution in [3.8, 4) is 0 Å². The molecule has 1 saturated carbocycles. The van der Waals surface area contributed by atoms with Crippen molar-refractivity contribution in [2.75, 3.05) is 19.0 Å². The second kappa shape index (κ2) is 6.92. The van der Waals surface area contributed by atoms with E-state index in [1.54, 1.807) is 0 Å². The van der Waals surface area contributed by atoms with Gasteiger partial charge in [-0.25, -0.2) is 0 Å². The number of anilines is 1. The Balaban J connectivity index is 2.32. The van der Waals surface area contributed by atoms with Gasteiger partial charge in [-0.1, -0.05) is 34.8 Å². The second-order valence-corrected chi connectivity index (χ2v) is 6.66. The number of aliphatic hydroxyl groups is 1. The van der Waals surface area contributed by atoms with E-state index in [9.17, 15) is 5.11 Å². The van der Waals surface area contributed by atoms with E-state index >= 15 is 0 Å². The quantitative estimate of drug-likeness (QED) is 0.880. The number of hydrogen-bond acceptors (Lipinski definition) is 3. The van der Waals surface area contributed by atoms with Gasteiger partial charge in [-0.15, -0.1) is 0 Å². The van der Waals surface area contributed by atoms with Gasteiger partial charge in [-0.2, -0.15) is 0 Å². The number of nitrogens with one attached hydrogen (secondary N) is 1. The molecule has 3 atom stereocenters. The van der Waals surface area contributed by atoms with Crippen LogP contribution in [0.25, 0.3) is 0 Å². The number of rotatable bonds is 4. The van der Waals surface area contributed by atoms with Gasteiger partial charge in [-0.05, 0) is 44.5 Å². The zero-order valence-corrected chi connectivity index (χ0v) is 14.2. The standard InChI is InChI=1S/C16H25BrN2O/c1-11(18-2)13-9-8-12(17)10-15(13)19(3)14-6-4-5-7-16(14)20/h8-11,14,16,18,20H,4-7H2,1-3H3. The van der Waals surface area contributed by atoms with Gasteiger partial charge in [0, 0.05) is 23.2 Å². The van der Waals surface area contributed by atoms with Crippen molar-refractivity contribution in [3.05, 3.63) is 28.2 Å². The lowest BCUT2D eigenvalue weighted by molar-refractivity contribution is 0.106. The predicted molar refractivity (Wildman–Crippen MR) is 88.3 cm³/mol. The number of hydrogen-bond donors (Lipinski definition) is 2. The Morgan fingerprint density at radius 3 is 2.70 bits per heavy atom. The Morgan fingerprint density at radius 1 is 1.35 bits per heavy atom. The van der Waals surface area contributed by atoms with Crippen molar-refractivity contribution >= 4 is 21.6 Å². The summed E-state index contributed by atoms with van der Waals surface area (Å²) in [5.41, 5.74) is 2.48. The first kappa shape index (κ1) is 15.8. The molecule has 0 aliphatic heterocycles. The molecule has 0 radical (unpaired) electrons. The van der Waals surface area contributed by atoms with Crippen LogP contribution >= 0.6 is 15.9 Å². The minimum absolute atomic E-state index is 0.217. The van der Waals surface area contributed by atoms with Crippen LogP contribution < -0.4 is 10.2 Å². The SMILES string of the molecule is CNC(C)c1ccc(Br)cc1N(C)C1CCCCC1O. The van der Waals surface area contributed by atoms with Crippen molar-refractivity contribution in [1.29, 1.82) is 0 Å². The Bertz CT molecular complexity index is 452. The van der Waals surface area contributed by atoms with E-state index in [4.69, 9.17) is 0 Å². The van der Waals surface area contributed by atoms with Crippen LogP contribution in [-0.2, 0) is 0 Å². The summed E-state index contributed by atoms with van der Waals surface area (Å²) in [6, 6.07) is 6.91. The van der Waals surface area contributed by atoms with Crippen molar-refractivity contribution in [2.24, 2.45) is 0 Å². The zero-order chi connectivity index (χ0) is 14.7. The molecule has 1 aliphatic carbocycles. The second-order valence-electron chi connectivity index (χ2n) is 5.74. The molecule has 1 aromatic rings. The van der Waals surface area contributed by atoms with Gasteiger partial charge >= 0.3 is 0 Å². The first-order valence-electron chi connectivity index (χ1n) is 7.42. The first-order valence-corrected chi connectivity index (χ1v) is 8.21. The predicted octanol–water partition coefficient (Wildman–Crippen LogP) is 3.47. The normalized spacial score (nSPS) is 24.4. The van der Waals surface area contributed by atoms with Crippen LogP contribution in [0.15, 0.2) is 22.7 Å². The molecule has 4 heteroatoms. The van der Waals surface area contributed by atoms with Gasteiger partial charge in [0.05, 0.1) is 12.1 Å². The molecular weight excluding hydrogens is 316 g/mol. The molecule has 1 aromatic carbocycles. The van der Waals surface area contributed by atoms with Crippen molar-refractivity contribution in [2.45, 2.75) is 50.8 Å². The fraction of sp³-hybridized carbons (Fsp3) is 0.625. The summed E-state index contributed by atoms with van der Waals surface area (Å²) in [7, 11) is 4.08. The maximum absolute atomic E-state index is 10.3. The van der Waals surface area contributed by atoms with Gasteiger partial charge in [0.1, 0.15) is 0 Å². The first-order chi connectivity index (χ1) is 9.54. The highest BCUT2D eigenvalue weighted by atomic mass is 79.9. The summed E-state index contributed by atoms with van der Waals surface area (Å²) >= 11 is 3.57. The third-order valence-electron chi connectivity index (χ3n) is 4.46. The largest absolute Gasteiger partial charge is 0.391 e. The van der Waals surface area contributed by atoms with Crippen LogP contribution in [-0.4, -0.2) is 31.3 Å². The van der Waals surface area contributed by atoms with Crippen LogP contribution in [0.4, 0.5) is 5.69 Å². The zero-order valence-electron chi connectivity index (χ0n) is 12.6. The number of likely N-dealkylation sites (N-methyl/N-ethyl adjacent to an activating group) is 1. The highest BCUT2D eigenvalue weighted by Crippen LogP contribution is 2.33. The van der Waals surface area contributed by atoms with E-state index in [0.717, 1.165) is 23.7 Å². The number of halogens is 1. The lowest BCUT2D eigenvalue weighted by Gasteiger charge is -2.38.